The Morgan fingerprint density at radius 1 is 1.56 bits per heavy atom. The number of ketones is 1. The highest BCUT2D eigenvalue weighted by atomic mass is 35.5. The van der Waals surface area contributed by atoms with Gasteiger partial charge in [0.1, 0.15) is 11.5 Å². The van der Waals surface area contributed by atoms with Crippen molar-refractivity contribution in [2.75, 3.05) is 6.61 Å². The third kappa shape index (κ3) is 3.92. The third-order valence-electron chi connectivity index (χ3n) is 1.99. The predicted molar refractivity (Wildman–Crippen MR) is 61.6 cm³/mol. The Balaban J connectivity index is 2.49. The minimum Gasteiger partial charge on any atom is -0.492 e. The molecule has 1 aromatic carbocycles. The van der Waals surface area contributed by atoms with Crippen LogP contribution in [0.15, 0.2) is 18.2 Å². The van der Waals surface area contributed by atoms with Crippen molar-refractivity contribution in [1.29, 1.82) is 5.26 Å². The number of benzene rings is 1. The van der Waals surface area contributed by atoms with Gasteiger partial charge >= 0.3 is 0 Å². The van der Waals surface area contributed by atoms with Crippen molar-refractivity contribution in [3.8, 4) is 11.8 Å². The summed E-state index contributed by atoms with van der Waals surface area (Å²) in [6, 6.07) is 6.86. The van der Waals surface area contributed by atoms with Crippen LogP contribution in [0.3, 0.4) is 0 Å². The van der Waals surface area contributed by atoms with E-state index in [0.717, 1.165) is 0 Å². The molecule has 16 heavy (non-hydrogen) atoms. The molecule has 0 fully saturated rings. The van der Waals surface area contributed by atoms with E-state index < -0.39 is 0 Å². The van der Waals surface area contributed by atoms with Crippen molar-refractivity contribution in [3.05, 3.63) is 28.8 Å². The summed E-state index contributed by atoms with van der Waals surface area (Å²) in [4.78, 5) is 10.7. The van der Waals surface area contributed by atoms with Crippen molar-refractivity contribution in [2.45, 2.75) is 19.8 Å². The number of Topliss-reactive ketones (excluding diaryl/α,β-unsaturated/α-hetero) is 1. The van der Waals surface area contributed by atoms with Crippen LogP contribution in [0.1, 0.15) is 25.3 Å². The fourth-order valence-electron chi connectivity index (χ4n) is 1.19. The standard InChI is InChI=1S/C12H12ClNO2/c1-9(15)3-2-6-16-12-5-4-10(8-14)7-11(12)13/h4-5,7H,2-3,6H2,1H3. The van der Waals surface area contributed by atoms with Gasteiger partial charge in [0.05, 0.1) is 23.3 Å². The molecule has 0 saturated carbocycles. The quantitative estimate of drug-likeness (QED) is 0.740. The van der Waals surface area contributed by atoms with E-state index in [-0.39, 0.29) is 5.78 Å². The van der Waals surface area contributed by atoms with Gasteiger partial charge in [0.2, 0.25) is 0 Å². The van der Waals surface area contributed by atoms with Crippen LogP contribution < -0.4 is 4.74 Å². The van der Waals surface area contributed by atoms with Gasteiger partial charge in [-0.1, -0.05) is 11.6 Å². The Hall–Kier alpha value is -1.53. The van der Waals surface area contributed by atoms with Gasteiger partial charge in [0, 0.05) is 6.42 Å². The fourth-order valence-corrected chi connectivity index (χ4v) is 1.43. The van der Waals surface area contributed by atoms with Crippen LogP contribution in [0.4, 0.5) is 0 Å². The highest BCUT2D eigenvalue weighted by Gasteiger charge is 2.03. The van der Waals surface area contributed by atoms with Gasteiger partial charge in [0.15, 0.2) is 0 Å². The smallest absolute Gasteiger partial charge is 0.137 e. The Bertz CT molecular complexity index is 424. The van der Waals surface area contributed by atoms with Gasteiger partial charge in [-0.2, -0.15) is 5.26 Å². The van der Waals surface area contributed by atoms with Crippen molar-refractivity contribution in [1.82, 2.24) is 0 Å². The number of hydrogen-bond acceptors (Lipinski definition) is 3. The second-order valence-electron chi connectivity index (χ2n) is 3.41. The Labute approximate surface area is 99.6 Å². The topological polar surface area (TPSA) is 50.1 Å². The van der Waals surface area contributed by atoms with E-state index in [1.807, 2.05) is 6.07 Å². The molecule has 4 heteroatoms. The second-order valence-corrected chi connectivity index (χ2v) is 3.82. The first kappa shape index (κ1) is 12.5. The van der Waals surface area contributed by atoms with E-state index >= 15 is 0 Å². The SMILES string of the molecule is CC(=O)CCCOc1ccc(C#N)cc1Cl. The van der Waals surface area contributed by atoms with Crippen LogP contribution in [0.2, 0.25) is 5.02 Å². The molecule has 1 aromatic rings. The molecule has 0 spiro atoms. The number of ether oxygens (including phenoxy) is 1. The van der Waals surface area contributed by atoms with Crippen LogP contribution in [-0.2, 0) is 4.79 Å². The van der Waals surface area contributed by atoms with Crippen LogP contribution >= 0.6 is 11.6 Å². The normalized spacial score (nSPS) is 9.56. The van der Waals surface area contributed by atoms with Crippen molar-refractivity contribution < 1.29 is 9.53 Å². The second kappa shape index (κ2) is 6.14. The zero-order valence-electron chi connectivity index (χ0n) is 9.00. The molecule has 0 aromatic heterocycles. The average molecular weight is 238 g/mol. The van der Waals surface area contributed by atoms with Gasteiger partial charge in [-0.15, -0.1) is 0 Å². The molecule has 0 saturated heterocycles. The van der Waals surface area contributed by atoms with Crippen molar-refractivity contribution in [3.63, 3.8) is 0 Å². The summed E-state index contributed by atoms with van der Waals surface area (Å²) in [6.45, 7) is 2.00. The Morgan fingerprint density at radius 3 is 2.88 bits per heavy atom. The number of carbonyl (C=O) groups excluding carboxylic acids is 1. The lowest BCUT2D eigenvalue weighted by atomic mass is 10.2. The zero-order chi connectivity index (χ0) is 12.0. The van der Waals surface area contributed by atoms with Crippen molar-refractivity contribution in [2.24, 2.45) is 0 Å². The van der Waals surface area contributed by atoms with Gasteiger partial charge in [-0.05, 0) is 31.5 Å². The van der Waals surface area contributed by atoms with Crippen LogP contribution in [-0.4, -0.2) is 12.4 Å². The maximum absolute atomic E-state index is 10.7. The maximum atomic E-state index is 10.7. The van der Waals surface area contributed by atoms with Gasteiger partial charge in [-0.3, -0.25) is 0 Å². The van der Waals surface area contributed by atoms with Gasteiger partial charge in [0.25, 0.3) is 0 Å². The number of carbonyl (C=O) groups is 1. The van der Waals surface area contributed by atoms with E-state index in [1.54, 1.807) is 25.1 Å². The number of hydrogen-bond donors (Lipinski definition) is 0. The number of nitrogens with zero attached hydrogens (tertiary/aromatic N) is 1. The largest absolute Gasteiger partial charge is 0.492 e. The highest BCUT2D eigenvalue weighted by Crippen LogP contribution is 2.25. The zero-order valence-corrected chi connectivity index (χ0v) is 9.75. The molecule has 0 unspecified atom stereocenters. The Morgan fingerprint density at radius 2 is 2.31 bits per heavy atom. The highest BCUT2D eigenvalue weighted by molar-refractivity contribution is 6.32. The molecule has 1 rings (SSSR count). The maximum Gasteiger partial charge on any atom is 0.137 e. The third-order valence-corrected chi connectivity index (χ3v) is 2.29. The summed E-state index contributed by atoms with van der Waals surface area (Å²) >= 11 is 5.91. The summed E-state index contributed by atoms with van der Waals surface area (Å²) in [5, 5.41) is 9.06. The summed E-state index contributed by atoms with van der Waals surface area (Å²) in [6.07, 6.45) is 1.18. The first-order valence-corrected chi connectivity index (χ1v) is 5.33. The van der Waals surface area contributed by atoms with E-state index in [1.165, 1.54) is 0 Å². The number of nitriles is 1. The molecule has 0 aliphatic carbocycles. The lowest BCUT2D eigenvalue weighted by Crippen LogP contribution is -2.00. The molecular weight excluding hydrogens is 226 g/mol. The Kier molecular flexibility index (Phi) is 4.81. The molecule has 0 atom stereocenters. The molecule has 0 bridgehead atoms. The number of rotatable bonds is 5. The van der Waals surface area contributed by atoms with Crippen LogP contribution in [0.5, 0.6) is 5.75 Å². The van der Waals surface area contributed by atoms with E-state index in [4.69, 9.17) is 21.6 Å². The molecule has 3 nitrogen and oxygen atoms in total. The summed E-state index contributed by atoms with van der Waals surface area (Å²) in [5.41, 5.74) is 0.501. The van der Waals surface area contributed by atoms with E-state index in [0.29, 0.717) is 35.8 Å². The van der Waals surface area contributed by atoms with Gasteiger partial charge < -0.3 is 9.53 Å². The summed E-state index contributed by atoms with van der Waals surface area (Å²) in [5.74, 6) is 0.693. The summed E-state index contributed by atoms with van der Waals surface area (Å²) in [7, 11) is 0. The minimum absolute atomic E-state index is 0.148. The number of halogens is 1. The van der Waals surface area contributed by atoms with E-state index in [9.17, 15) is 4.79 Å². The minimum atomic E-state index is 0.148. The fraction of sp³-hybridized carbons (Fsp3) is 0.333. The van der Waals surface area contributed by atoms with E-state index in [2.05, 4.69) is 0 Å². The predicted octanol–water partition coefficient (Wildman–Crippen LogP) is 2.96. The molecular formula is C12H12ClNO2. The average Bonchev–Trinajstić information content (AvgIpc) is 2.25. The first-order valence-electron chi connectivity index (χ1n) is 4.95. The molecule has 0 heterocycles. The first-order chi connectivity index (χ1) is 7.63. The lowest BCUT2D eigenvalue weighted by molar-refractivity contribution is -0.117. The van der Waals surface area contributed by atoms with Crippen molar-refractivity contribution >= 4 is 17.4 Å². The van der Waals surface area contributed by atoms with Crippen LogP contribution in [0, 0.1) is 11.3 Å². The lowest BCUT2D eigenvalue weighted by Gasteiger charge is -2.07. The molecule has 0 aliphatic heterocycles. The molecule has 0 amide bonds. The molecule has 0 aliphatic rings. The van der Waals surface area contributed by atoms with Gasteiger partial charge in [-0.25, -0.2) is 0 Å². The monoisotopic (exact) mass is 237 g/mol. The summed E-state index contributed by atoms with van der Waals surface area (Å²) < 4.78 is 5.39. The molecule has 0 radical (unpaired) electrons. The molecule has 0 N–H and O–H groups in total. The van der Waals surface area contributed by atoms with Crippen LogP contribution in [0.25, 0.3) is 0 Å². The molecule has 84 valence electrons.